The summed E-state index contributed by atoms with van der Waals surface area (Å²) < 4.78 is 15.5. The molecule has 0 heterocycles. The maximum absolute atomic E-state index is 5.70. The molecule has 0 aromatic rings. The molecule has 64 valence electrons. The molecule has 3 nitrogen and oxygen atoms in total. The van der Waals surface area contributed by atoms with Gasteiger partial charge in [-0.05, 0) is 20.8 Å². The van der Waals surface area contributed by atoms with Gasteiger partial charge in [-0.3, -0.25) is 0 Å². The Morgan fingerprint density at radius 3 is 1.36 bits per heavy atom. The van der Waals surface area contributed by atoms with E-state index in [-0.39, 0.29) is 0 Å². The molecule has 0 unspecified atom stereocenters. The van der Waals surface area contributed by atoms with Gasteiger partial charge in [0.15, 0.2) is 7.44 Å². The fraction of sp³-hybridized carbons (Fsp3) is 1.00. The fourth-order valence-corrected chi connectivity index (χ4v) is 2.19. The van der Waals surface area contributed by atoms with Crippen molar-refractivity contribution in [3.05, 3.63) is 0 Å². The summed E-state index contributed by atoms with van der Waals surface area (Å²) in [7, 11) is 2.95. The maximum Gasteiger partial charge on any atom is 0.428 e. The van der Waals surface area contributed by atoms with Gasteiger partial charge in [0.25, 0.3) is 0 Å². The van der Waals surface area contributed by atoms with E-state index in [0.29, 0.717) is 19.8 Å². The van der Waals surface area contributed by atoms with E-state index in [4.69, 9.17) is 20.7 Å². The van der Waals surface area contributed by atoms with Gasteiger partial charge in [-0.1, -0.05) is 0 Å². The molecule has 0 aliphatic carbocycles. The van der Waals surface area contributed by atoms with Crippen molar-refractivity contribution in [1.29, 1.82) is 0 Å². The second kappa shape index (κ2) is 5.77. The third-order valence-electron chi connectivity index (χ3n) is 1.04. The van der Waals surface area contributed by atoms with Gasteiger partial charge >= 0.3 is 8.67 Å². The highest BCUT2D eigenvalue weighted by Gasteiger charge is 2.31. The van der Waals surface area contributed by atoms with Gasteiger partial charge in [0.1, 0.15) is 0 Å². The lowest BCUT2D eigenvalue weighted by Gasteiger charge is -2.25. The molecule has 0 bridgehead atoms. The van der Waals surface area contributed by atoms with Crippen LogP contribution < -0.4 is 0 Å². The number of rotatable bonds is 6. The topological polar surface area (TPSA) is 27.7 Å². The summed E-state index contributed by atoms with van der Waals surface area (Å²) in [6.07, 6.45) is 0. The second-order valence-corrected chi connectivity index (χ2v) is 3.98. The lowest BCUT2D eigenvalue weighted by Crippen LogP contribution is -2.47. The van der Waals surface area contributed by atoms with Crippen LogP contribution in [-0.2, 0) is 13.3 Å². The first-order chi connectivity index (χ1) is 5.18. The maximum atomic E-state index is 5.70. The molecule has 0 saturated carbocycles. The first-order valence-corrected chi connectivity index (χ1v) is 5.69. The van der Waals surface area contributed by atoms with E-state index >= 15 is 0 Å². The predicted octanol–water partition coefficient (Wildman–Crippen LogP) is 0.700. The largest absolute Gasteiger partial charge is 0.428 e. The second-order valence-electron chi connectivity index (χ2n) is 1.90. The molecule has 0 aliphatic rings. The van der Waals surface area contributed by atoms with Crippen LogP contribution in [0.25, 0.3) is 0 Å². The summed E-state index contributed by atoms with van der Waals surface area (Å²) in [6.45, 7) is 7.19. The van der Waals surface area contributed by atoms with Gasteiger partial charge in [-0.25, -0.2) is 0 Å². The molecule has 0 fully saturated rings. The molecule has 11 heavy (non-hydrogen) atoms. The van der Waals surface area contributed by atoms with Crippen LogP contribution in [0.5, 0.6) is 0 Å². The molecule has 2 radical (unpaired) electrons. The Morgan fingerprint density at radius 2 is 1.18 bits per heavy atom. The smallest absolute Gasteiger partial charge is 0.381 e. The van der Waals surface area contributed by atoms with E-state index in [1.54, 1.807) is 0 Å². The zero-order chi connectivity index (χ0) is 8.74. The van der Waals surface area contributed by atoms with E-state index < -0.39 is 8.67 Å². The van der Waals surface area contributed by atoms with Gasteiger partial charge in [0, 0.05) is 19.8 Å². The summed E-state index contributed by atoms with van der Waals surface area (Å²) in [5, 5.41) is 0. The SMILES string of the molecule is [B][Si](OCC)(OCC)OCC. The van der Waals surface area contributed by atoms with Crippen molar-refractivity contribution in [3.8, 4) is 0 Å². The molecule has 0 saturated heterocycles. The molecule has 0 aromatic heterocycles. The van der Waals surface area contributed by atoms with Crippen LogP contribution in [0.2, 0.25) is 0 Å². The standard InChI is InChI=1S/C6H15BO3Si/c1-4-8-11(7,9-5-2)10-6-3/h4-6H2,1-3H3. The molecule has 0 aliphatic heterocycles. The van der Waals surface area contributed by atoms with Crippen molar-refractivity contribution in [2.45, 2.75) is 20.8 Å². The third kappa shape index (κ3) is 4.58. The van der Waals surface area contributed by atoms with Crippen molar-refractivity contribution in [2.24, 2.45) is 0 Å². The van der Waals surface area contributed by atoms with Crippen molar-refractivity contribution in [3.63, 3.8) is 0 Å². The zero-order valence-electron chi connectivity index (χ0n) is 7.42. The van der Waals surface area contributed by atoms with Crippen molar-refractivity contribution >= 4 is 16.1 Å². The minimum Gasteiger partial charge on any atom is -0.381 e. The fourth-order valence-electron chi connectivity index (χ4n) is 0.729. The lowest BCUT2D eigenvalue weighted by molar-refractivity contribution is 0.0941. The Morgan fingerprint density at radius 1 is 0.909 bits per heavy atom. The Hall–Kier alpha value is 0.162. The molecule has 0 rings (SSSR count). The Labute approximate surface area is 70.7 Å². The highest BCUT2D eigenvalue weighted by molar-refractivity contribution is 7.05. The summed E-state index contributed by atoms with van der Waals surface area (Å²) in [5.74, 6) is 0. The van der Waals surface area contributed by atoms with E-state index in [2.05, 4.69) is 0 Å². The molecule has 0 amide bonds. The van der Waals surface area contributed by atoms with Gasteiger partial charge < -0.3 is 13.3 Å². The van der Waals surface area contributed by atoms with Crippen molar-refractivity contribution in [2.75, 3.05) is 19.8 Å². The van der Waals surface area contributed by atoms with Crippen molar-refractivity contribution < 1.29 is 13.3 Å². The quantitative estimate of drug-likeness (QED) is 0.554. The Kier molecular flexibility index (Phi) is 5.85. The van der Waals surface area contributed by atoms with Gasteiger partial charge in [-0.2, -0.15) is 0 Å². The van der Waals surface area contributed by atoms with Crippen LogP contribution in [0.3, 0.4) is 0 Å². The Bertz CT molecular complexity index is 84.8. The van der Waals surface area contributed by atoms with E-state index in [9.17, 15) is 0 Å². The molecule has 0 atom stereocenters. The van der Waals surface area contributed by atoms with Crippen LogP contribution in [0, 0.1) is 0 Å². The van der Waals surface area contributed by atoms with E-state index in [1.165, 1.54) is 0 Å². The Balaban J connectivity index is 3.79. The minimum absolute atomic E-state index is 0.530. The van der Waals surface area contributed by atoms with Gasteiger partial charge in [0.2, 0.25) is 0 Å². The molecule has 0 spiro atoms. The highest BCUT2D eigenvalue weighted by atomic mass is 28.4. The number of hydrogen-bond acceptors (Lipinski definition) is 3. The highest BCUT2D eigenvalue weighted by Crippen LogP contribution is 2.03. The normalized spacial score (nSPS) is 11.9. The summed E-state index contributed by atoms with van der Waals surface area (Å²) in [5.41, 5.74) is 0. The third-order valence-corrected chi connectivity index (χ3v) is 3.11. The van der Waals surface area contributed by atoms with Crippen LogP contribution in [-0.4, -0.2) is 35.9 Å². The lowest BCUT2D eigenvalue weighted by atomic mass is 10.8. The molecule has 0 N–H and O–H groups in total. The average Bonchev–Trinajstić information content (AvgIpc) is 1.88. The molecular weight excluding hydrogens is 159 g/mol. The molecule has 5 heteroatoms. The van der Waals surface area contributed by atoms with E-state index in [0.717, 1.165) is 0 Å². The molecular formula is C6H15BO3Si. The summed E-state index contributed by atoms with van der Waals surface area (Å²) >= 11 is 0. The predicted molar refractivity (Wildman–Crippen MR) is 46.4 cm³/mol. The minimum atomic E-state index is -2.75. The van der Waals surface area contributed by atoms with Crippen LogP contribution >= 0.6 is 0 Å². The monoisotopic (exact) mass is 174 g/mol. The van der Waals surface area contributed by atoms with Crippen LogP contribution in [0.4, 0.5) is 0 Å². The van der Waals surface area contributed by atoms with Crippen molar-refractivity contribution in [1.82, 2.24) is 0 Å². The van der Waals surface area contributed by atoms with Crippen LogP contribution in [0.1, 0.15) is 20.8 Å². The molecule has 0 aromatic carbocycles. The summed E-state index contributed by atoms with van der Waals surface area (Å²) in [4.78, 5) is 0. The zero-order valence-corrected chi connectivity index (χ0v) is 8.42. The first kappa shape index (κ1) is 11.2. The summed E-state index contributed by atoms with van der Waals surface area (Å²) in [6, 6.07) is 0. The average molecular weight is 174 g/mol. The van der Waals surface area contributed by atoms with Gasteiger partial charge in [-0.15, -0.1) is 0 Å². The number of hydrogen-bond donors (Lipinski definition) is 0. The van der Waals surface area contributed by atoms with Crippen LogP contribution in [0.15, 0.2) is 0 Å². The van der Waals surface area contributed by atoms with E-state index in [1.807, 2.05) is 20.8 Å². The first-order valence-electron chi connectivity index (χ1n) is 3.89. The van der Waals surface area contributed by atoms with Gasteiger partial charge in [0.05, 0.1) is 0 Å².